The average Bonchev–Trinajstić information content (AvgIpc) is 2.90. The number of rotatable bonds is 4. The lowest BCUT2D eigenvalue weighted by atomic mass is 10.2. The van der Waals surface area contributed by atoms with Crippen LogP contribution >= 0.6 is 11.3 Å². The van der Waals surface area contributed by atoms with Gasteiger partial charge in [0.1, 0.15) is 11.6 Å². The van der Waals surface area contributed by atoms with Crippen molar-refractivity contribution in [3.05, 3.63) is 34.2 Å². The third kappa shape index (κ3) is 2.53. The van der Waals surface area contributed by atoms with E-state index in [9.17, 15) is 9.35 Å². The van der Waals surface area contributed by atoms with Crippen LogP contribution in [0.15, 0.2) is 28.9 Å². The summed E-state index contributed by atoms with van der Waals surface area (Å²) in [6.07, 6.45) is 1.34. The molecule has 2 rings (SSSR count). The van der Waals surface area contributed by atoms with Crippen LogP contribution in [0.4, 0.5) is 5.82 Å². The second kappa shape index (κ2) is 5.47. The van der Waals surface area contributed by atoms with E-state index in [0.29, 0.717) is 10.6 Å². The molecule has 0 aliphatic heterocycles. The number of hydrogen-bond donors (Lipinski definition) is 1. The standard InChI is InChI=1S/C11H11N3O2S2/c1-2-18(16)11-13-6-7(10(12)14-11)9(15)8-4-3-5-17-8/h3-6H,2H2,1H3,(H2,12,13,14). The minimum Gasteiger partial charge on any atom is -0.609 e. The molecular weight excluding hydrogens is 270 g/mol. The molecule has 2 aromatic rings. The van der Waals surface area contributed by atoms with Gasteiger partial charge in [0.15, 0.2) is 0 Å². The fraction of sp³-hybridized carbons (Fsp3) is 0.182. The van der Waals surface area contributed by atoms with Gasteiger partial charge in [-0.1, -0.05) is 6.07 Å². The summed E-state index contributed by atoms with van der Waals surface area (Å²) in [6.45, 7) is 1.76. The van der Waals surface area contributed by atoms with Crippen LogP contribution in [0.3, 0.4) is 0 Å². The Morgan fingerprint density at radius 2 is 2.39 bits per heavy atom. The third-order valence-electron chi connectivity index (χ3n) is 2.25. The summed E-state index contributed by atoms with van der Waals surface area (Å²) < 4.78 is 11.5. The van der Waals surface area contributed by atoms with Crippen LogP contribution in [-0.4, -0.2) is 26.1 Å². The van der Waals surface area contributed by atoms with Crippen LogP contribution < -0.4 is 5.73 Å². The van der Waals surface area contributed by atoms with Gasteiger partial charge in [0.25, 0.3) is 0 Å². The van der Waals surface area contributed by atoms with Crippen LogP contribution in [0.2, 0.25) is 0 Å². The molecule has 0 bridgehead atoms. The maximum absolute atomic E-state index is 12.1. The maximum atomic E-state index is 12.1. The molecule has 1 unspecified atom stereocenters. The summed E-state index contributed by atoms with van der Waals surface area (Å²) >= 11 is 0.0592. The van der Waals surface area contributed by atoms with E-state index in [-0.39, 0.29) is 22.3 Å². The van der Waals surface area contributed by atoms with E-state index >= 15 is 0 Å². The molecule has 0 saturated carbocycles. The van der Waals surface area contributed by atoms with Crippen molar-refractivity contribution in [1.82, 2.24) is 9.97 Å². The van der Waals surface area contributed by atoms with Gasteiger partial charge in [-0.25, -0.2) is 0 Å². The Hall–Kier alpha value is -1.44. The molecule has 5 nitrogen and oxygen atoms in total. The molecule has 1 atom stereocenters. The molecule has 2 aromatic heterocycles. The maximum Gasteiger partial charge on any atom is 0.344 e. The number of thiophene rings is 1. The Morgan fingerprint density at radius 3 is 2.94 bits per heavy atom. The third-order valence-corrected chi connectivity index (χ3v) is 4.25. The van der Waals surface area contributed by atoms with E-state index in [4.69, 9.17) is 5.73 Å². The van der Waals surface area contributed by atoms with E-state index in [1.807, 2.05) is 5.38 Å². The molecule has 94 valence electrons. The predicted octanol–water partition coefficient (Wildman–Crippen LogP) is 1.48. The highest BCUT2D eigenvalue weighted by Gasteiger charge is 2.19. The number of nitrogens with two attached hydrogens (primary N) is 1. The van der Waals surface area contributed by atoms with Crippen molar-refractivity contribution in [1.29, 1.82) is 0 Å². The predicted molar refractivity (Wildman–Crippen MR) is 71.1 cm³/mol. The van der Waals surface area contributed by atoms with Crippen molar-refractivity contribution in [3.63, 3.8) is 0 Å². The van der Waals surface area contributed by atoms with Crippen molar-refractivity contribution in [3.8, 4) is 0 Å². The average molecular weight is 281 g/mol. The largest absolute Gasteiger partial charge is 0.609 e. The van der Waals surface area contributed by atoms with E-state index in [0.717, 1.165) is 0 Å². The smallest absolute Gasteiger partial charge is 0.344 e. The Bertz CT molecular complexity index is 557. The highest BCUT2D eigenvalue weighted by molar-refractivity contribution is 7.91. The first-order valence-corrected chi connectivity index (χ1v) is 7.42. The van der Waals surface area contributed by atoms with Gasteiger partial charge in [0.05, 0.1) is 10.4 Å². The zero-order valence-electron chi connectivity index (χ0n) is 9.62. The van der Waals surface area contributed by atoms with Gasteiger partial charge in [-0.2, -0.15) is 9.97 Å². The van der Waals surface area contributed by atoms with E-state index < -0.39 is 11.2 Å². The van der Waals surface area contributed by atoms with Crippen LogP contribution in [0.1, 0.15) is 22.2 Å². The number of aromatic nitrogens is 2. The molecule has 0 fully saturated rings. The van der Waals surface area contributed by atoms with Crippen molar-refractivity contribution >= 4 is 34.1 Å². The minimum absolute atomic E-state index is 0.0696. The summed E-state index contributed by atoms with van der Waals surface area (Å²) in [5.74, 6) is 0.272. The number of carbonyl (C=O) groups excluding carboxylic acids is 1. The lowest BCUT2D eigenvalue weighted by Gasteiger charge is -2.07. The molecule has 7 heteroatoms. The van der Waals surface area contributed by atoms with Gasteiger partial charge in [0.2, 0.25) is 5.78 Å². The molecule has 0 radical (unpaired) electrons. The van der Waals surface area contributed by atoms with Gasteiger partial charge in [0, 0.05) is 17.4 Å². The van der Waals surface area contributed by atoms with Crippen molar-refractivity contribution in [2.75, 3.05) is 11.5 Å². The lowest BCUT2D eigenvalue weighted by molar-refractivity contribution is 0.104. The summed E-state index contributed by atoms with van der Waals surface area (Å²) in [4.78, 5) is 20.5. The second-order valence-electron chi connectivity index (χ2n) is 3.39. The fourth-order valence-corrected chi connectivity index (χ4v) is 2.64. The van der Waals surface area contributed by atoms with E-state index in [1.54, 1.807) is 19.1 Å². The molecule has 0 aliphatic carbocycles. The molecule has 0 spiro atoms. The lowest BCUT2D eigenvalue weighted by Crippen LogP contribution is -2.13. The topological polar surface area (TPSA) is 91.9 Å². The molecule has 0 amide bonds. The van der Waals surface area contributed by atoms with E-state index in [2.05, 4.69) is 9.97 Å². The van der Waals surface area contributed by atoms with Gasteiger partial charge in [-0.05, 0) is 18.4 Å². The summed E-state index contributed by atoms with van der Waals surface area (Å²) in [5, 5.41) is 1.97. The number of nitrogen functional groups attached to an aromatic ring is 1. The molecule has 2 heterocycles. The molecular formula is C11H11N3O2S2. The van der Waals surface area contributed by atoms with Crippen LogP contribution in [-0.2, 0) is 11.2 Å². The van der Waals surface area contributed by atoms with Gasteiger partial charge in [-0.3, -0.25) is 4.79 Å². The van der Waals surface area contributed by atoms with Crippen LogP contribution in [0, 0.1) is 0 Å². The summed E-state index contributed by atoms with van der Waals surface area (Å²) in [6, 6.07) is 3.50. The molecule has 0 aromatic carbocycles. The molecule has 18 heavy (non-hydrogen) atoms. The Kier molecular flexibility index (Phi) is 3.95. The fourth-order valence-electron chi connectivity index (χ4n) is 1.33. The van der Waals surface area contributed by atoms with Gasteiger partial charge >= 0.3 is 5.16 Å². The highest BCUT2D eigenvalue weighted by Crippen LogP contribution is 2.19. The SMILES string of the molecule is CC[S+]([O-])c1ncc(C(=O)c2cccs2)c(N)n1. The second-order valence-corrected chi connectivity index (χ2v) is 5.97. The van der Waals surface area contributed by atoms with Gasteiger partial charge < -0.3 is 10.3 Å². The number of anilines is 1. The monoisotopic (exact) mass is 281 g/mol. The quantitative estimate of drug-likeness (QED) is 0.520. The van der Waals surface area contributed by atoms with Gasteiger partial charge in [-0.15, -0.1) is 11.3 Å². The first-order chi connectivity index (χ1) is 8.63. The number of nitrogens with zero attached hydrogens (tertiary/aromatic N) is 2. The molecule has 0 aliphatic rings. The van der Waals surface area contributed by atoms with Crippen molar-refractivity contribution in [2.24, 2.45) is 0 Å². The van der Waals surface area contributed by atoms with Crippen molar-refractivity contribution < 1.29 is 9.35 Å². The van der Waals surface area contributed by atoms with E-state index in [1.165, 1.54) is 17.5 Å². The zero-order valence-corrected chi connectivity index (χ0v) is 11.3. The minimum atomic E-state index is -1.27. The highest BCUT2D eigenvalue weighted by atomic mass is 32.2. The number of hydrogen-bond acceptors (Lipinski definition) is 6. The van der Waals surface area contributed by atoms with Crippen LogP contribution in [0.5, 0.6) is 0 Å². The molecule has 0 saturated heterocycles. The zero-order chi connectivity index (χ0) is 13.1. The Morgan fingerprint density at radius 1 is 1.61 bits per heavy atom. The number of carbonyl (C=O) groups is 1. The first kappa shape index (κ1) is 13.0. The normalized spacial score (nSPS) is 12.3. The summed E-state index contributed by atoms with van der Waals surface area (Å²) in [7, 11) is 0. The summed E-state index contributed by atoms with van der Waals surface area (Å²) in [5.41, 5.74) is 5.96. The van der Waals surface area contributed by atoms with Crippen molar-refractivity contribution in [2.45, 2.75) is 12.1 Å². The number of ketones is 1. The first-order valence-electron chi connectivity index (χ1n) is 5.22. The van der Waals surface area contributed by atoms with Crippen LogP contribution in [0.25, 0.3) is 0 Å². The Labute approximate surface area is 111 Å². The Balaban J connectivity index is 2.33. The molecule has 2 N–H and O–H groups in total.